The molecular weight excluding hydrogens is 276 g/mol. The van der Waals surface area contributed by atoms with Crippen molar-refractivity contribution in [3.63, 3.8) is 0 Å². The minimum atomic E-state index is -0.0926. The molecule has 0 atom stereocenters. The number of hydrogen-bond donors (Lipinski definition) is 1. The number of Topliss-reactive ketones (excluding diaryl/α,β-unsaturated/α-hetero) is 1. The van der Waals surface area contributed by atoms with E-state index >= 15 is 0 Å². The van der Waals surface area contributed by atoms with Crippen LogP contribution in [0, 0.1) is 0 Å². The lowest BCUT2D eigenvalue weighted by molar-refractivity contribution is -0.112. The molecule has 0 saturated carbocycles. The summed E-state index contributed by atoms with van der Waals surface area (Å²) in [5, 5.41) is 11.0. The third-order valence-corrected chi connectivity index (χ3v) is 3.71. The molecule has 0 heterocycles. The fourth-order valence-corrected chi connectivity index (χ4v) is 2.49. The normalized spacial score (nSPS) is 11.4. The standard InChI is InChI=1S/C18H28N2O2/c1-20(16-17-11-7-6-8-12-17)14-10-5-3-2-4-9-13-18(21)15-19-22/h6-8,11-12,15,22H,2-5,9-10,13-14,16H2,1H3. The van der Waals surface area contributed by atoms with Crippen LogP contribution in [-0.4, -0.2) is 35.7 Å². The fraction of sp³-hybridized carbons (Fsp3) is 0.556. The Morgan fingerprint density at radius 3 is 2.41 bits per heavy atom. The number of hydrogen-bond acceptors (Lipinski definition) is 4. The first-order valence-electron chi connectivity index (χ1n) is 8.15. The predicted molar refractivity (Wildman–Crippen MR) is 90.4 cm³/mol. The highest BCUT2D eigenvalue weighted by atomic mass is 16.4. The maximum atomic E-state index is 11.1. The molecule has 0 aliphatic rings. The third-order valence-electron chi connectivity index (χ3n) is 3.71. The highest BCUT2D eigenvalue weighted by Gasteiger charge is 2.00. The number of benzene rings is 1. The number of carbonyl (C=O) groups excluding carboxylic acids is 1. The van der Waals surface area contributed by atoms with Gasteiger partial charge in [0.15, 0.2) is 5.78 Å². The van der Waals surface area contributed by atoms with Crippen LogP contribution in [0.4, 0.5) is 0 Å². The van der Waals surface area contributed by atoms with Crippen molar-refractivity contribution in [2.24, 2.45) is 5.16 Å². The first-order valence-corrected chi connectivity index (χ1v) is 8.15. The van der Waals surface area contributed by atoms with E-state index < -0.39 is 0 Å². The molecule has 0 unspecified atom stereocenters. The second kappa shape index (κ2) is 11.9. The molecule has 4 nitrogen and oxygen atoms in total. The van der Waals surface area contributed by atoms with Crippen molar-refractivity contribution in [3.8, 4) is 0 Å². The van der Waals surface area contributed by atoms with Crippen molar-refractivity contribution in [1.29, 1.82) is 0 Å². The molecule has 0 spiro atoms. The van der Waals surface area contributed by atoms with Crippen LogP contribution >= 0.6 is 0 Å². The Morgan fingerprint density at radius 1 is 1.09 bits per heavy atom. The van der Waals surface area contributed by atoms with Gasteiger partial charge in [0.25, 0.3) is 0 Å². The van der Waals surface area contributed by atoms with E-state index in [1.807, 2.05) is 6.07 Å². The summed E-state index contributed by atoms with van der Waals surface area (Å²) in [6.07, 6.45) is 8.30. The summed E-state index contributed by atoms with van der Waals surface area (Å²) in [6, 6.07) is 10.5. The van der Waals surface area contributed by atoms with Gasteiger partial charge in [-0.15, -0.1) is 0 Å². The Labute approximate surface area is 133 Å². The molecule has 1 aromatic rings. The van der Waals surface area contributed by atoms with Crippen LogP contribution in [0.5, 0.6) is 0 Å². The molecular formula is C18H28N2O2. The van der Waals surface area contributed by atoms with Crippen molar-refractivity contribution < 1.29 is 10.0 Å². The zero-order valence-corrected chi connectivity index (χ0v) is 13.6. The number of carbonyl (C=O) groups is 1. The van der Waals surface area contributed by atoms with Crippen LogP contribution in [-0.2, 0) is 11.3 Å². The molecule has 0 saturated heterocycles. The number of ketones is 1. The molecule has 0 aliphatic carbocycles. The fourth-order valence-electron chi connectivity index (χ4n) is 2.49. The molecule has 1 rings (SSSR count). The van der Waals surface area contributed by atoms with E-state index in [-0.39, 0.29) is 5.78 Å². The lowest BCUT2D eigenvalue weighted by Crippen LogP contribution is -2.18. The summed E-state index contributed by atoms with van der Waals surface area (Å²) in [5.74, 6) is -0.0926. The van der Waals surface area contributed by atoms with Gasteiger partial charge in [0.2, 0.25) is 0 Å². The largest absolute Gasteiger partial charge is 0.411 e. The molecule has 22 heavy (non-hydrogen) atoms. The summed E-state index contributed by atoms with van der Waals surface area (Å²) in [4.78, 5) is 13.5. The number of rotatable bonds is 12. The van der Waals surface area contributed by atoms with Crippen molar-refractivity contribution in [2.45, 2.75) is 51.5 Å². The van der Waals surface area contributed by atoms with Gasteiger partial charge in [-0.3, -0.25) is 4.79 Å². The Balaban J connectivity index is 1.94. The molecule has 4 heteroatoms. The second-order valence-corrected chi connectivity index (χ2v) is 5.81. The number of oxime groups is 1. The smallest absolute Gasteiger partial charge is 0.177 e. The van der Waals surface area contributed by atoms with Crippen LogP contribution in [0.1, 0.15) is 50.5 Å². The first-order chi connectivity index (χ1) is 10.7. The van der Waals surface area contributed by atoms with Gasteiger partial charge in [-0.1, -0.05) is 61.2 Å². The molecule has 0 fully saturated rings. The van der Waals surface area contributed by atoms with E-state index in [1.54, 1.807) is 0 Å². The Bertz CT molecular complexity index is 432. The third kappa shape index (κ3) is 9.29. The Morgan fingerprint density at radius 2 is 1.73 bits per heavy atom. The maximum absolute atomic E-state index is 11.1. The zero-order valence-electron chi connectivity index (χ0n) is 13.6. The van der Waals surface area contributed by atoms with E-state index in [1.165, 1.54) is 31.2 Å². The second-order valence-electron chi connectivity index (χ2n) is 5.81. The van der Waals surface area contributed by atoms with Crippen molar-refractivity contribution >= 4 is 12.0 Å². The summed E-state index contributed by atoms with van der Waals surface area (Å²) in [6.45, 7) is 2.13. The summed E-state index contributed by atoms with van der Waals surface area (Å²) >= 11 is 0. The zero-order chi connectivity index (χ0) is 16.0. The SMILES string of the molecule is CN(CCCCCCCCC(=O)C=NO)Cc1ccccc1. The van der Waals surface area contributed by atoms with Gasteiger partial charge < -0.3 is 10.1 Å². The van der Waals surface area contributed by atoms with Crippen LogP contribution in [0.15, 0.2) is 35.5 Å². The van der Waals surface area contributed by atoms with Gasteiger partial charge in [-0.2, -0.15) is 0 Å². The van der Waals surface area contributed by atoms with Crippen LogP contribution in [0.2, 0.25) is 0 Å². The van der Waals surface area contributed by atoms with E-state index in [0.29, 0.717) is 6.42 Å². The van der Waals surface area contributed by atoms with E-state index in [2.05, 4.69) is 41.4 Å². The summed E-state index contributed by atoms with van der Waals surface area (Å²) in [7, 11) is 2.17. The maximum Gasteiger partial charge on any atom is 0.177 e. The van der Waals surface area contributed by atoms with Crippen molar-refractivity contribution in [2.75, 3.05) is 13.6 Å². The molecule has 1 N–H and O–H groups in total. The monoisotopic (exact) mass is 304 g/mol. The highest BCUT2D eigenvalue weighted by Crippen LogP contribution is 2.09. The molecule has 0 amide bonds. The molecule has 1 aromatic carbocycles. The Hall–Kier alpha value is -1.68. The van der Waals surface area contributed by atoms with Gasteiger partial charge in [0, 0.05) is 13.0 Å². The van der Waals surface area contributed by atoms with E-state index in [9.17, 15) is 4.79 Å². The average molecular weight is 304 g/mol. The quantitative estimate of drug-likeness (QED) is 0.276. The van der Waals surface area contributed by atoms with Crippen LogP contribution in [0.3, 0.4) is 0 Å². The highest BCUT2D eigenvalue weighted by molar-refractivity contribution is 6.27. The van der Waals surface area contributed by atoms with Gasteiger partial charge in [-0.25, -0.2) is 0 Å². The molecule has 0 bridgehead atoms. The van der Waals surface area contributed by atoms with Crippen molar-refractivity contribution in [3.05, 3.63) is 35.9 Å². The molecule has 0 aliphatic heterocycles. The Kier molecular flexibility index (Phi) is 9.96. The van der Waals surface area contributed by atoms with Gasteiger partial charge in [0.05, 0.1) is 0 Å². The van der Waals surface area contributed by atoms with Gasteiger partial charge >= 0.3 is 0 Å². The summed E-state index contributed by atoms with van der Waals surface area (Å²) in [5.41, 5.74) is 1.36. The van der Waals surface area contributed by atoms with Crippen LogP contribution in [0.25, 0.3) is 0 Å². The average Bonchev–Trinajstić information content (AvgIpc) is 2.51. The van der Waals surface area contributed by atoms with E-state index in [4.69, 9.17) is 5.21 Å². The minimum absolute atomic E-state index is 0.0926. The number of nitrogens with zero attached hydrogens (tertiary/aromatic N) is 2. The molecule has 0 aromatic heterocycles. The topological polar surface area (TPSA) is 52.9 Å². The lowest BCUT2D eigenvalue weighted by Gasteiger charge is -2.16. The lowest BCUT2D eigenvalue weighted by atomic mass is 10.1. The first kappa shape index (κ1) is 18.4. The van der Waals surface area contributed by atoms with Crippen LogP contribution < -0.4 is 0 Å². The van der Waals surface area contributed by atoms with Gasteiger partial charge in [0.1, 0.15) is 6.21 Å². The summed E-state index contributed by atoms with van der Waals surface area (Å²) < 4.78 is 0. The van der Waals surface area contributed by atoms with Gasteiger partial charge in [-0.05, 0) is 32.0 Å². The number of unbranched alkanes of at least 4 members (excludes halogenated alkanes) is 5. The predicted octanol–water partition coefficient (Wildman–Crippen LogP) is 3.88. The minimum Gasteiger partial charge on any atom is -0.411 e. The molecule has 122 valence electrons. The van der Waals surface area contributed by atoms with Crippen molar-refractivity contribution in [1.82, 2.24) is 4.90 Å². The van der Waals surface area contributed by atoms with E-state index in [0.717, 1.165) is 32.1 Å². The molecule has 0 radical (unpaired) electrons.